The summed E-state index contributed by atoms with van der Waals surface area (Å²) in [4.78, 5) is 5.07. The third-order valence-electron chi connectivity index (χ3n) is 4.24. The van der Waals surface area contributed by atoms with Crippen molar-refractivity contribution in [3.63, 3.8) is 0 Å². The van der Waals surface area contributed by atoms with E-state index in [0.717, 1.165) is 25.6 Å². The monoisotopic (exact) mass is 241 g/mol. The maximum absolute atomic E-state index is 5.90. The molecule has 0 aromatic carbocycles. The van der Waals surface area contributed by atoms with Crippen molar-refractivity contribution in [2.45, 2.75) is 52.1 Å². The Kier molecular flexibility index (Phi) is 5.42. The molecule has 1 fully saturated rings. The van der Waals surface area contributed by atoms with E-state index < -0.39 is 0 Å². The summed E-state index contributed by atoms with van der Waals surface area (Å²) >= 11 is 0. The molecule has 17 heavy (non-hydrogen) atoms. The molecule has 1 atom stereocenters. The smallest absolute Gasteiger partial charge is 0.0342 e. The molecule has 0 spiro atoms. The molecule has 0 aromatic heterocycles. The van der Waals surface area contributed by atoms with E-state index in [1.165, 1.54) is 19.4 Å². The molecule has 3 heteroatoms. The van der Waals surface area contributed by atoms with Gasteiger partial charge in [-0.3, -0.25) is 4.90 Å². The summed E-state index contributed by atoms with van der Waals surface area (Å²) in [5.74, 6) is 0.781. The van der Waals surface area contributed by atoms with Gasteiger partial charge in [-0.05, 0) is 52.7 Å². The zero-order valence-corrected chi connectivity index (χ0v) is 12.4. The first-order valence-electron chi connectivity index (χ1n) is 7.02. The standard InChI is InChI=1S/C14H31N3/c1-12(2)6-8-17-11-13(10-15)16(5)9-7-14(17,3)4/h12-13H,6-11,15H2,1-5H3. The second kappa shape index (κ2) is 6.17. The van der Waals surface area contributed by atoms with Crippen LogP contribution >= 0.6 is 0 Å². The number of hydrogen-bond donors (Lipinski definition) is 1. The maximum atomic E-state index is 5.90. The first kappa shape index (κ1) is 14.9. The van der Waals surface area contributed by atoms with Gasteiger partial charge in [-0.2, -0.15) is 0 Å². The van der Waals surface area contributed by atoms with Crippen LogP contribution in [0.5, 0.6) is 0 Å². The lowest BCUT2D eigenvalue weighted by atomic mass is 9.97. The predicted molar refractivity (Wildman–Crippen MR) is 75.2 cm³/mol. The van der Waals surface area contributed by atoms with Crippen molar-refractivity contribution in [1.29, 1.82) is 0 Å². The van der Waals surface area contributed by atoms with E-state index in [4.69, 9.17) is 5.73 Å². The quantitative estimate of drug-likeness (QED) is 0.814. The topological polar surface area (TPSA) is 32.5 Å². The molecule has 1 unspecified atom stereocenters. The van der Waals surface area contributed by atoms with Gasteiger partial charge in [0.25, 0.3) is 0 Å². The van der Waals surface area contributed by atoms with Gasteiger partial charge in [0.15, 0.2) is 0 Å². The Hall–Kier alpha value is -0.120. The van der Waals surface area contributed by atoms with E-state index in [1.807, 2.05) is 0 Å². The molecular weight excluding hydrogens is 210 g/mol. The van der Waals surface area contributed by atoms with Crippen molar-refractivity contribution in [3.8, 4) is 0 Å². The Morgan fingerprint density at radius 2 is 2.00 bits per heavy atom. The van der Waals surface area contributed by atoms with E-state index in [2.05, 4.69) is 44.5 Å². The van der Waals surface area contributed by atoms with E-state index in [0.29, 0.717) is 11.6 Å². The van der Waals surface area contributed by atoms with Crippen molar-refractivity contribution in [2.75, 3.05) is 33.2 Å². The minimum Gasteiger partial charge on any atom is -0.329 e. The van der Waals surface area contributed by atoms with E-state index >= 15 is 0 Å². The minimum absolute atomic E-state index is 0.313. The molecule has 0 amide bonds. The first-order valence-corrected chi connectivity index (χ1v) is 7.02. The third-order valence-corrected chi connectivity index (χ3v) is 4.24. The van der Waals surface area contributed by atoms with Crippen LogP contribution in [0.1, 0.15) is 40.5 Å². The highest BCUT2D eigenvalue weighted by molar-refractivity contribution is 4.90. The molecule has 102 valence electrons. The van der Waals surface area contributed by atoms with Gasteiger partial charge in [-0.25, -0.2) is 0 Å². The predicted octanol–water partition coefficient (Wildman–Crippen LogP) is 1.78. The van der Waals surface area contributed by atoms with Gasteiger partial charge in [0.05, 0.1) is 0 Å². The maximum Gasteiger partial charge on any atom is 0.0342 e. The second-order valence-electron chi connectivity index (χ2n) is 6.56. The van der Waals surface area contributed by atoms with Crippen molar-refractivity contribution in [3.05, 3.63) is 0 Å². The summed E-state index contributed by atoms with van der Waals surface area (Å²) in [6, 6.07) is 0.518. The fourth-order valence-electron chi connectivity index (χ4n) is 2.49. The highest BCUT2D eigenvalue weighted by atomic mass is 15.3. The van der Waals surface area contributed by atoms with Gasteiger partial charge < -0.3 is 10.6 Å². The van der Waals surface area contributed by atoms with Crippen LogP contribution in [0.2, 0.25) is 0 Å². The molecule has 3 nitrogen and oxygen atoms in total. The third kappa shape index (κ3) is 4.23. The Morgan fingerprint density at radius 1 is 1.35 bits per heavy atom. The van der Waals surface area contributed by atoms with Gasteiger partial charge in [-0.1, -0.05) is 13.8 Å². The molecule has 1 heterocycles. The number of nitrogens with zero attached hydrogens (tertiary/aromatic N) is 2. The molecular formula is C14H31N3. The van der Waals surface area contributed by atoms with E-state index in [9.17, 15) is 0 Å². The second-order valence-corrected chi connectivity index (χ2v) is 6.56. The van der Waals surface area contributed by atoms with Gasteiger partial charge in [0, 0.05) is 24.7 Å². The summed E-state index contributed by atoms with van der Waals surface area (Å²) < 4.78 is 0. The molecule has 0 radical (unpaired) electrons. The van der Waals surface area contributed by atoms with Crippen LogP contribution in [0.15, 0.2) is 0 Å². The van der Waals surface area contributed by atoms with Crippen molar-refractivity contribution >= 4 is 0 Å². The Balaban J connectivity index is 2.67. The molecule has 1 rings (SSSR count). The Morgan fingerprint density at radius 3 is 2.53 bits per heavy atom. The van der Waals surface area contributed by atoms with Gasteiger partial charge in [0.2, 0.25) is 0 Å². The van der Waals surface area contributed by atoms with Gasteiger partial charge >= 0.3 is 0 Å². The van der Waals surface area contributed by atoms with Crippen LogP contribution in [-0.4, -0.2) is 54.6 Å². The largest absolute Gasteiger partial charge is 0.329 e. The SMILES string of the molecule is CC(C)CCN1CC(CN)N(C)CCC1(C)C. The Labute approximate surface area is 107 Å². The fraction of sp³-hybridized carbons (Fsp3) is 1.00. The number of nitrogens with two attached hydrogens (primary N) is 1. The fourth-order valence-corrected chi connectivity index (χ4v) is 2.49. The summed E-state index contributed by atoms with van der Waals surface area (Å²) in [5, 5.41) is 0. The molecule has 0 aliphatic carbocycles. The van der Waals surface area contributed by atoms with Gasteiger partial charge in [-0.15, -0.1) is 0 Å². The first-order chi connectivity index (χ1) is 7.86. The number of rotatable bonds is 4. The Bertz CT molecular complexity index is 226. The van der Waals surface area contributed by atoms with Crippen LogP contribution in [0, 0.1) is 5.92 Å². The number of hydrogen-bond acceptors (Lipinski definition) is 3. The van der Waals surface area contributed by atoms with E-state index in [1.54, 1.807) is 0 Å². The average Bonchev–Trinajstić information content (AvgIpc) is 2.35. The molecule has 2 N–H and O–H groups in total. The van der Waals surface area contributed by atoms with Crippen LogP contribution in [0.3, 0.4) is 0 Å². The lowest BCUT2D eigenvalue weighted by Crippen LogP contribution is -2.49. The van der Waals surface area contributed by atoms with Crippen molar-refractivity contribution < 1.29 is 0 Å². The average molecular weight is 241 g/mol. The van der Waals surface area contributed by atoms with Crippen molar-refractivity contribution in [2.24, 2.45) is 11.7 Å². The zero-order chi connectivity index (χ0) is 13.1. The summed E-state index contributed by atoms with van der Waals surface area (Å²) in [6.07, 6.45) is 2.52. The number of likely N-dealkylation sites (N-methyl/N-ethyl adjacent to an activating group) is 1. The van der Waals surface area contributed by atoms with E-state index in [-0.39, 0.29) is 0 Å². The zero-order valence-electron chi connectivity index (χ0n) is 12.4. The van der Waals surface area contributed by atoms with Crippen LogP contribution < -0.4 is 5.73 Å². The molecule has 1 saturated heterocycles. The van der Waals surface area contributed by atoms with Crippen LogP contribution in [0.25, 0.3) is 0 Å². The molecule has 0 saturated carbocycles. The molecule has 0 aromatic rings. The van der Waals surface area contributed by atoms with Crippen LogP contribution in [0.4, 0.5) is 0 Å². The lowest BCUT2D eigenvalue weighted by Gasteiger charge is -2.38. The summed E-state index contributed by atoms with van der Waals surface area (Å²) in [5.41, 5.74) is 6.21. The molecule has 0 bridgehead atoms. The van der Waals surface area contributed by atoms with Crippen LogP contribution in [-0.2, 0) is 0 Å². The lowest BCUT2D eigenvalue weighted by molar-refractivity contribution is 0.110. The minimum atomic E-state index is 0.313. The van der Waals surface area contributed by atoms with Gasteiger partial charge in [0.1, 0.15) is 0 Å². The highest BCUT2D eigenvalue weighted by Gasteiger charge is 2.33. The highest BCUT2D eigenvalue weighted by Crippen LogP contribution is 2.24. The molecule has 1 aliphatic heterocycles. The summed E-state index contributed by atoms with van der Waals surface area (Å²) in [6.45, 7) is 13.6. The summed E-state index contributed by atoms with van der Waals surface area (Å²) in [7, 11) is 2.21. The van der Waals surface area contributed by atoms with Crippen molar-refractivity contribution in [1.82, 2.24) is 9.80 Å². The molecule has 1 aliphatic rings. The normalized spacial score (nSPS) is 27.4.